The molecule has 0 atom stereocenters. The zero-order valence-corrected chi connectivity index (χ0v) is 13.8. The molecule has 2 aromatic rings. The van der Waals surface area contributed by atoms with Crippen LogP contribution in [-0.4, -0.2) is 27.7 Å². The van der Waals surface area contributed by atoms with Crippen molar-refractivity contribution in [1.29, 1.82) is 0 Å². The van der Waals surface area contributed by atoms with Crippen LogP contribution in [0.3, 0.4) is 0 Å². The third kappa shape index (κ3) is 3.86. The van der Waals surface area contributed by atoms with Gasteiger partial charge in [0.1, 0.15) is 5.75 Å². The Hall–Kier alpha value is -2.53. The van der Waals surface area contributed by atoms with Crippen LogP contribution in [0.4, 0.5) is 4.79 Å². The van der Waals surface area contributed by atoms with Gasteiger partial charge in [-0.2, -0.15) is 0 Å². The molecule has 1 aliphatic heterocycles. The largest absolute Gasteiger partial charge is 0.508 e. The lowest BCUT2D eigenvalue weighted by atomic mass is 10.1. The molecule has 1 aliphatic rings. The molecule has 0 unspecified atom stereocenters. The van der Waals surface area contributed by atoms with Gasteiger partial charge in [-0.05, 0) is 53.9 Å². The van der Waals surface area contributed by atoms with Gasteiger partial charge in [-0.1, -0.05) is 42.5 Å². The van der Waals surface area contributed by atoms with Crippen LogP contribution in [0.5, 0.6) is 5.75 Å². The average Bonchev–Trinajstić information content (AvgIpc) is 2.85. The van der Waals surface area contributed by atoms with Crippen LogP contribution in [0.2, 0.25) is 0 Å². The van der Waals surface area contributed by atoms with Crippen LogP contribution in [-0.2, 0) is 11.2 Å². The van der Waals surface area contributed by atoms with Crippen molar-refractivity contribution < 1.29 is 14.7 Å². The summed E-state index contributed by atoms with van der Waals surface area (Å²) in [6.07, 6.45) is 3.26. The van der Waals surface area contributed by atoms with E-state index in [1.165, 1.54) is 10.5 Å². The van der Waals surface area contributed by atoms with Gasteiger partial charge in [0.2, 0.25) is 0 Å². The summed E-state index contributed by atoms with van der Waals surface area (Å²) in [7, 11) is 0. The summed E-state index contributed by atoms with van der Waals surface area (Å²) in [5.74, 6) is -0.0766. The van der Waals surface area contributed by atoms with E-state index in [1.807, 2.05) is 30.3 Å². The lowest BCUT2D eigenvalue weighted by Gasteiger charge is -2.12. The Morgan fingerprint density at radius 3 is 2.42 bits per heavy atom. The standard InChI is InChI=1S/C19H17NO3S/c21-16-10-8-15(9-11-16)13-17-18(22)20(19(23)24-17)12-4-7-14-5-2-1-3-6-14/h1-3,5-6,8-11,13,21H,4,7,12H2/b17-13+. The van der Waals surface area contributed by atoms with Gasteiger partial charge in [-0.15, -0.1) is 0 Å². The van der Waals surface area contributed by atoms with Gasteiger partial charge in [-0.25, -0.2) is 0 Å². The van der Waals surface area contributed by atoms with E-state index in [0.717, 1.165) is 30.2 Å². The van der Waals surface area contributed by atoms with Gasteiger partial charge in [0.15, 0.2) is 0 Å². The van der Waals surface area contributed by atoms with Crippen LogP contribution in [0.1, 0.15) is 17.5 Å². The number of benzene rings is 2. The molecule has 0 bridgehead atoms. The second-order valence-electron chi connectivity index (χ2n) is 5.51. The molecule has 5 heteroatoms. The molecule has 0 saturated carbocycles. The lowest BCUT2D eigenvalue weighted by Crippen LogP contribution is -2.29. The summed E-state index contributed by atoms with van der Waals surface area (Å²) in [5, 5.41) is 9.07. The fourth-order valence-corrected chi connectivity index (χ4v) is 3.37. The highest BCUT2D eigenvalue weighted by Gasteiger charge is 2.34. The normalized spacial score (nSPS) is 16.2. The number of nitrogens with zero attached hydrogens (tertiary/aromatic N) is 1. The van der Waals surface area contributed by atoms with Crippen molar-refractivity contribution in [3.63, 3.8) is 0 Å². The van der Waals surface area contributed by atoms with E-state index in [-0.39, 0.29) is 16.9 Å². The van der Waals surface area contributed by atoms with Gasteiger partial charge in [0.05, 0.1) is 4.91 Å². The third-order valence-electron chi connectivity index (χ3n) is 3.75. The SMILES string of the molecule is O=C1S/C(=C/c2ccc(O)cc2)C(=O)N1CCCc1ccccc1. The number of aromatic hydroxyl groups is 1. The van der Waals surface area contributed by atoms with Crippen LogP contribution in [0, 0.1) is 0 Å². The fraction of sp³-hybridized carbons (Fsp3) is 0.158. The molecule has 0 radical (unpaired) electrons. The Labute approximate surface area is 144 Å². The highest BCUT2D eigenvalue weighted by molar-refractivity contribution is 8.18. The number of phenolic OH excluding ortho intramolecular Hbond substituents is 1. The average molecular weight is 339 g/mol. The number of phenols is 1. The molecule has 4 nitrogen and oxygen atoms in total. The van der Waals surface area contributed by atoms with Crippen molar-refractivity contribution in [2.45, 2.75) is 12.8 Å². The van der Waals surface area contributed by atoms with Gasteiger partial charge < -0.3 is 5.11 Å². The molecular weight excluding hydrogens is 322 g/mol. The number of aryl methyl sites for hydroxylation is 1. The van der Waals surface area contributed by atoms with Crippen molar-refractivity contribution in [3.05, 3.63) is 70.6 Å². The molecule has 0 aliphatic carbocycles. The van der Waals surface area contributed by atoms with E-state index in [0.29, 0.717) is 11.4 Å². The number of imide groups is 1. The number of hydrogen-bond donors (Lipinski definition) is 1. The number of carbonyl (C=O) groups is 2. The summed E-state index contributed by atoms with van der Waals surface area (Å²) in [4.78, 5) is 26.2. The van der Waals surface area contributed by atoms with Gasteiger partial charge >= 0.3 is 0 Å². The number of carbonyl (C=O) groups excluding carboxylic acids is 2. The molecule has 0 spiro atoms. The molecule has 2 aromatic carbocycles. The fourth-order valence-electron chi connectivity index (χ4n) is 2.50. The zero-order chi connectivity index (χ0) is 16.9. The third-order valence-corrected chi connectivity index (χ3v) is 4.66. The van der Waals surface area contributed by atoms with Crippen LogP contribution in [0.25, 0.3) is 6.08 Å². The molecule has 24 heavy (non-hydrogen) atoms. The summed E-state index contributed by atoms with van der Waals surface area (Å²) in [6, 6.07) is 16.5. The minimum Gasteiger partial charge on any atom is -0.508 e. The van der Waals surface area contributed by atoms with E-state index in [9.17, 15) is 14.7 Å². The first-order chi connectivity index (χ1) is 11.6. The second-order valence-corrected chi connectivity index (χ2v) is 6.51. The van der Waals surface area contributed by atoms with Crippen LogP contribution < -0.4 is 0 Å². The monoisotopic (exact) mass is 339 g/mol. The number of rotatable bonds is 5. The van der Waals surface area contributed by atoms with Crippen LogP contribution in [0.15, 0.2) is 59.5 Å². The summed E-state index contributed by atoms with van der Waals surface area (Å²) < 4.78 is 0. The second kappa shape index (κ2) is 7.36. The molecule has 122 valence electrons. The van der Waals surface area contributed by atoms with E-state index >= 15 is 0 Å². The van der Waals surface area contributed by atoms with Gasteiger partial charge in [0, 0.05) is 6.54 Å². The van der Waals surface area contributed by atoms with E-state index in [4.69, 9.17) is 0 Å². The summed E-state index contributed by atoms with van der Waals surface area (Å²) >= 11 is 0.963. The highest BCUT2D eigenvalue weighted by atomic mass is 32.2. The maximum atomic E-state index is 12.4. The summed E-state index contributed by atoms with van der Waals surface area (Å²) in [6.45, 7) is 0.423. The molecule has 1 N–H and O–H groups in total. The van der Waals surface area contributed by atoms with Crippen LogP contribution >= 0.6 is 11.8 Å². The van der Waals surface area contributed by atoms with E-state index in [2.05, 4.69) is 0 Å². The Balaban J connectivity index is 1.62. The maximum absolute atomic E-state index is 12.4. The zero-order valence-electron chi connectivity index (χ0n) is 13.0. The first-order valence-electron chi connectivity index (χ1n) is 7.72. The summed E-state index contributed by atoms with van der Waals surface area (Å²) in [5.41, 5.74) is 1.98. The molecule has 3 rings (SSSR count). The Bertz CT molecular complexity index is 769. The van der Waals surface area contributed by atoms with Crippen molar-refractivity contribution >= 4 is 29.0 Å². The topological polar surface area (TPSA) is 57.6 Å². The molecule has 1 saturated heterocycles. The maximum Gasteiger partial charge on any atom is 0.293 e. The first kappa shape index (κ1) is 16.3. The molecule has 1 fully saturated rings. The smallest absolute Gasteiger partial charge is 0.293 e. The minimum absolute atomic E-state index is 0.168. The predicted molar refractivity (Wildman–Crippen MR) is 95.5 cm³/mol. The Morgan fingerprint density at radius 2 is 1.71 bits per heavy atom. The lowest BCUT2D eigenvalue weighted by molar-refractivity contribution is -0.122. The van der Waals surface area contributed by atoms with Crippen molar-refractivity contribution in [2.24, 2.45) is 0 Å². The highest BCUT2D eigenvalue weighted by Crippen LogP contribution is 2.32. The van der Waals surface area contributed by atoms with E-state index in [1.54, 1.807) is 30.3 Å². The van der Waals surface area contributed by atoms with Crippen molar-refractivity contribution in [3.8, 4) is 5.75 Å². The van der Waals surface area contributed by atoms with Crippen molar-refractivity contribution in [2.75, 3.05) is 6.54 Å². The quantitative estimate of drug-likeness (QED) is 0.835. The first-order valence-corrected chi connectivity index (χ1v) is 8.53. The Kier molecular flexibility index (Phi) is 5.01. The molecule has 0 aromatic heterocycles. The van der Waals surface area contributed by atoms with Crippen molar-refractivity contribution in [1.82, 2.24) is 4.90 Å². The molecular formula is C19H17NO3S. The van der Waals surface area contributed by atoms with E-state index < -0.39 is 0 Å². The number of hydrogen-bond acceptors (Lipinski definition) is 4. The van der Waals surface area contributed by atoms with Gasteiger partial charge in [-0.3, -0.25) is 14.5 Å². The predicted octanol–water partition coefficient (Wildman–Crippen LogP) is 4.06. The molecule has 1 heterocycles. The number of amides is 2. The Morgan fingerprint density at radius 1 is 1.00 bits per heavy atom. The number of thioether (sulfide) groups is 1. The minimum atomic E-state index is -0.244. The molecule has 2 amide bonds. The van der Waals surface area contributed by atoms with Gasteiger partial charge in [0.25, 0.3) is 11.1 Å².